The molecular weight excluding hydrogens is 453 g/mol. The van der Waals surface area contributed by atoms with E-state index in [1.807, 2.05) is 0 Å². The van der Waals surface area contributed by atoms with E-state index < -0.39 is 10.0 Å². The summed E-state index contributed by atoms with van der Waals surface area (Å²) in [5.41, 5.74) is 1.81. The lowest BCUT2D eigenvalue weighted by atomic mass is 10.2. The van der Waals surface area contributed by atoms with Gasteiger partial charge in [0, 0.05) is 36.5 Å². The lowest BCUT2D eigenvalue weighted by molar-refractivity contribution is -0.116. The van der Waals surface area contributed by atoms with E-state index in [1.54, 1.807) is 17.5 Å². The number of benzene rings is 2. The molecule has 10 heteroatoms. The summed E-state index contributed by atoms with van der Waals surface area (Å²) in [7, 11) is -2.27. The van der Waals surface area contributed by atoms with Gasteiger partial charge in [0.1, 0.15) is 5.82 Å². The van der Waals surface area contributed by atoms with Gasteiger partial charge in [-0.2, -0.15) is 0 Å². The maximum absolute atomic E-state index is 13.0. The maximum atomic E-state index is 13.0. The molecule has 0 fully saturated rings. The Hall–Kier alpha value is -2.95. The zero-order valence-electron chi connectivity index (χ0n) is 17.5. The number of thiazole rings is 1. The molecule has 0 unspecified atom stereocenters. The number of hydrogen-bond donors (Lipinski definition) is 1. The summed E-state index contributed by atoms with van der Waals surface area (Å²) in [6.07, 6.45) is 0.442. The third kappa shape index (κ3) is 5.84. The number of ketones is 1. The van der Waals surface area contributed by atoms with Gasteiger partial charge in [-0.15, -0.1) is 11.3 Å². The third-order valence-corrected chi connectivity index (χ3v) is 7.37. The van der Waals surface area contributed by atoms with Crippen molar-refractivity contribution >= 4 is 38.2 Å². The van der Waals surface area contributed by atoms with Crippen molar-refractivity contribution in [3.8, 4) is 11.3 Å². The molecule has 168 valence electrons. The van der Waals surface area contributed by atoms with Crippen LogP contribution in [-0.2, 0) is 14.8 Å². The third-order valence-electron chi connectivity index (χ3n) is 4.74. The van der Waals surface area contributed by atoms with Crippen molar-refractivity contribution in [3.05, 3.63) is 65.3 Å². The van der Waals surface area contributed by atoms with Gasteiger partial charge in [0.25, 0.3) is 0 Å². The summed E-state index contributed by atoms with van der Waals surface area (Å²) in [6, 6.07) is 11.7. The SMILES string of the molecule is CC(=O)c1ccc(S(=O)(=O)N(C)CCCC(=O)Nc2nc(-c3ccc(F)cc3)cs2)cc1. The first-order valence-electron chi connectivity index (χ1n) is 9.75. The summed E-state index contributed by atoms with van der Waals surface area (Å²) in [5.74, 6) is -0.752. The Bertz CT molecular complexity index is 1210. The second-order valence-electron chi connectivity index (χ2n) is 7.10. The van der Waals surface area contributed by atoms with Crippen LogP contribution < -0.4 is 5.32 Å². The molecule has 32 heavy (non-hydrogen) atoms. The highest BCUT2D eigenvalue weighted by molar-refractivity contribution is 7.89. The Morgan fingerprint density at radius 1 is 1.09 bits per heavy atom. The van der Waals surface area contributed by atoms with E-state index >= 15 is 0 Å². The standard InChI is InChI=1S/C22H22FN3O4S2/c1-15(27)16-7-11-19(12-8-16)32(29,30)26(2)13-3-4-21(28)25-22-24-20(14-31-22)17-5-9-18(23)10-6-17/h5-12,14H,3-4,13H2,1-2H3,(H,24,25,28). The number of aromatic nitrogens is 1. The van der Waals surface area contributed by atoms with Crippen molar-refractivity contribution in [2.75, 3.05) is 18.9 Å². The first-order chi connectivity index (χ1) is 15.2. The van der Waals surface area contributed by atoms with Crippen molar-refractivity contribution in [2.45, 2.75) is 24.7 Å². The first-order valence-corrected chi connectivity index (χ1v) is 12.1. The highest BCUT2D eigenvalue weighted by atomic mass is 32.2. The van der Waals surface area contributed by atoms with Crippen LogP contribution in [0.2, 0.25) is 0 Å². The van der Waals surface area contributed by atoms with Crippen LogP contribution in [0.3, 0.4) is 0 Å². The molecule has 2 aromatic carbocycles. The molecule has 0 atom stereocenters. The fourth-order valence-corrected chi connectivity index (χ4v) is 4.84. The molecule has 1 amide bonds. The zero-order valence-corrected chi connectivity index (χ0v) is 19.2. The van der Waals surface area contributed by atoms with E-state index in [0.29, 0.717) is 22.8 Å². The van der Waals surface area contributed by atoms with Gasteiger partial charge in [-0.05, 0) is 49.7 Å². The Balaban J connectivity index is 1.51. The van der Waals surface area contributed by atoms with Crippen LogP contribution in [0.25, 0.3) is 11.3 Å². The minimum Gasteiger partial charge on any atom is -0.302 e. The fourth-order valence-electron chi connectivity index (χ4n) is 2.89. The Kier molecular flexibility index (Phi) is 7.49. The molecule has 1 N–H and O–H groups in total. The number of carbonyl (C=O) groups is 2. The summed E-state index contributed by atoms with van der Waals surface area (Å²) >= 11 is 1.25. The Labute approximate surface area is 190 Å². The molecule has 0 bridgehead atoms. The Morgan fingerprint density at radius 2 is 1.75 bits per heavy atom. The number of rotatable bonds is 9. The molecule has 3 rings (SSSR count). The van der Waals surface area contributed by atoms with E-state index in [2.05, 4.69) is 10.3 Å². The fraction of sp³-hybridized carbons (Fsp3) is 0.227. The van der Waals surface area contributed by atoms with Crippen molar-refractivity contribution in [3.63, 3.8) is 0 Å². The van der Waals surface area contributed by atoms with Crippen LogP contribution in [0.4, 0.5) is 9.52 Å². The molecule has 0 spiro atoms. The monoisotopic (exact) mass is 475 g/mol. The van der Waals surface area contributed by atoms with Gasteiger partial charge in [-0.25, -0.2) is 22.1 Å². The highest BCUT2D eigenvalue weighted by Crippen LogP contribution is 2.25. The predicted octanol–water partition coefficient (Wildman–Crippen LogP) is 4.19. The van der Waals surface area contributed by atoms with Gasteiger partial charge in [0.15, 0.2) is 10.9 Å². The number of nitrogens with one attached hydrogen (secondary N) is 1. The second-order valence-corrected chi connectivity index (χ2v) is 10.0. The van der Waals surface area contributed by atoms with E-state index in [-0.39, 0.29) is 35.4 Å². The van der Waals surface area contributed by atoms with Crippen LogP contribution >= 0.6 is 11.3 Å². The molecule has 0 aliphatic carbocycles. The number of carbonyl (C=O) groups excluding carboxylic acids is 2. The minimum absolute atomic E-state index is 0.0885. The lowest BCUT2D eigenvalue weighted by Gasteiger charge is -2.17. The number of amides is 1. The Morgan fingerprint density at radius 3 is 2.38 bits per heavy atom. The average molecular weight is 476 g/mol. The smallest absolute Gasteiger partial charge is 0.242 e. The number of hydrogen-bond acceptors (Lipinski definition) is 6. The van der Waals surface area contributed by atoms with Crippen LogP contribution in [0, 0.1) is 5.82 Å². The van der Waals surface area contributed by atoms with E-state index in [9.17, 15) is 22.4 Å². The van der Waals surface area contributed by atoms with Crippen LogP contribution in [-0.4, -0.2) is 43.0 Å². The largest absolute Gasteiger partial charge is 0.302 e. The molecule has 0 radical (unpaired) electrons. The first kappa shape index (κ1) is 23.7. The lowest BCUT2D eigenvalue weighted by Crippen LogP contribution is -2.28. The normalized spacial score (nSPS) is 11.5. The quantitative estimate of drug-likeness (QED) is 0.468. The van der Waals surface area contributed by atoms with Crippen LogP contribution in [0.5, 0.6) is 0 Å². The van der Waals surface area contributed by atoms with Gasteiger partial charge < -0.3 is 5.32 Å². The second kappa shape index (κ2) is 10.1. The summed E-state index contributed by atoms with van der Waals surface area (Å²) in [4.78, 5) is 28.0. The predicted molar refractivity (Wildman–Crippen MR) is 122 cm³/mol. The molecule has 1 heterocycles. The van der Waals surface area contributed by atoms with Crippen LogP contribution in [0.1, 0.15) is 30.1 Å². The molecule has 0 saturated carbocycles. The van der Waals surface area contributed by atoms with Crippen molar-refractivity contribution < 1.29 is 22.4 Å². The molecule has 0 aliphatic heterocycles. The van der Waals surface area contributed by atoms with Gasteiger partial charge in [0.05, 0.1) is 10.6 Å². The summed E-state index contributed by atoms with van der Waals surface area (Å²) in [6.45, 7) is 1.57. The summed E-state index contributed by atoms with van der Waals surface area (Å²) < 4.78 is 39.5. The van der Waals surface area contributed by atoms with E-state index in [4.69, 9.17) is 0 Å². The number of halogens is 1. The maximum Gasteiger partial charge on any atom is 0.242 e. The van der Waals surface area contributed by atoms with Gasteiger partial charge in [-0.3, -0.25) is 9.59 Å². The van der Waals surface area contributed by atoms with Crippen molar-refractivity contribution in [2.24, 2.45) is 0 Å². The van der Waals surface area contributed by atoms with Gasteiger partial charge >= 0.3 is 0 Å². The number of nitrogens with zero attached hydrogens (tertiary/aromatic N) is 2. The molecule has 3 aromatic rings. The van der Waals surface area contributed by atoms with Crippen molar-refractivity contribution in [1.29, 1.82) is 0 Å². The van der Waals surface area contributed by atoms with E-state index in [1.165, 1.54) is 66.0 Å². The molecule has 1 aromatic heterocycles. The van der Waals surface area contributed by atoms with Gasteiger partial charge in [-0.1, -0.05) is 12.1 Å². The summed E-state index contributed by atoms with van der Waals surface area (Å²) in [5, 5.41) is 4.88. The van der Waals surface area contributed by atoms with Crippen molar-refractivity contribution in [1.82, 2.24) is 9.29 Å². The highest BCUT2D eigenvalue weighted by Gasteiger charge is 2.21. The number of anilines is 1. The number of sulfonamides is 1. The van der Waals surface area contributed by atoms with E-state index in [0.717, 1.165) is 5.56 Å². The minimum atomic E-state index is -3.72. The topological polar surface area (TPSA) is 96.4 Å². The molecule has 0 saturated heterocycles. The zero-order chi connectivity index (χ0) is 23.3. The van der Waals surface area contributed by atoms with Gasteiger partial charge in [0.2, 0.25) is 15.9 Å². The molecule has 0 aliphatic rings. The van der Waals surface area contributed by atoms with Crippen LogP contribution in [0.15, 0.2) is 58.8 Å². The molecule has 7 nitrogen and oxygen atoms in total. The average Bonchev–Trinajstić information content (AvgIpc) is 3.22. The molecular formula is C22H22FN3O4S2. The number of Topliss-reactive ketones (excluding diaryl/α,β-unsaturated/α-hetero) is 1.